The molecule has 6 rings (SSSR count). The fraction of sp³-hybridized carbons (Fsp3) is 0.420. The minimum Gasteiger partial charge on any atom is -0.487 e. The summed E-state index contributed by atoms with van der Waals surface area (Å²) in [6.07, 6.45) is 2.79. The van der Waals surface area contributed by atoms with E-state index in [-0.39, 0.29) is 31.8 Å². The lowest BCUT2D eigenvalue weighted by Gasteiger charge is -2.31. The second-order valence-corrected chi connectivity index (χ2v) is 15.6. The van der Waals surface area contributed by atoms with Gasteiger partial charge >= 0.3 is 12.1 Å². The molecule has 6 N–H and O–H groups in total. The molecule has 0 saturated carbocycles. The van der Waals surface area contributed by atoms with Crippen molar-refractivity contribution >= 4 is 28.7 Å². The Bertz CT molecular complexity index is 2170. The van der Waals surface area contributed by atoms with Crippen LogP contribution in [0.15, 0.2) is 114 Å². The maximum atomic E-state index is 12.7. The van der Waals surface area contributed by atoms with Crippen molar-refractivity contribution < 1.29 is 38.3 Å². The molecule has 4 aromatic carbocycles. The van der Waals surface area contributed by atoms with Crippen molar-refractivity contribution in [2.75, 3.05) is 70.8 Å². The number of hydrogen-bond donors (Lipinski definition) is 6. The van der Waals surface area contributed by atoms with Gasteiger partial charge in [-0.05, 0) is 86.8 Å². The molecular formula is C50H70F3N7O6. The van der Waals surface area contributed by atoms with E-state index in [9.17, 15) is 19.5 Å². The summed E-state index contributed by atoms with van der Waals surface area (Å²) in [6, 6.07) is 34.1. The molecule has 362 valence electrons. The van der Waals surface area contributed by atoms with Crippen molar-refractivity contribution in [1.82, 2.24) is 30.7 Å². The zero-order chi connectivity index (χ0) is 44.7. The van der Waals surface area contributed by atoms with Crippen molar-refractivity contribution in [1.29, 1.82) is 0 Å². The van der Waals surface area contributed by atoms with Crippen LogP contribution in [0.3, 0.4) is 0 Å². The Morgan fingerprint density at radius 2 is 1.41 bits per heavy atom. The second kappa shape index (κ2) is 31.1. The Hall–Kier alpha value is -5.94. The van der Waals surface area contributed by atoms with Gasteiger partial charge in [0.2, 0.25) is 5.56 Å². The van der Waals surface area contributed by atoms with Crippen molar-refractivity contribution in [2.24, 2.45) is 0 Å². The van der Waals surface area contributed by atoms with Crippen molar-refractivity contribution in [3.8, 4) is 16.9 Å². The first kappa shape index (κ1) is 56.2. The van der Waals surface area contributed by atoms with Gasteiger partial charge < -0.3 is 45.3 Å². The highest BCUT2D eigenvalue weighted by atomic mass is 19.0. The number of nitrogens with one attached hydrogen (secondary N) is 5. The van der Waals surface area contributed by atoms with Gasteiger partial charge in [-0.3, -0.25) is 24.2 Å². The van der Waals surface area contributed by atoms with E-state index in [0.29, 0.717) is 43.1 Å². The van der Waals surface area contributed by atoms with Gasteiger partial charge in [-0.25, -0.2) is 9.59 Å². The number of anilines is 1. The maximum absolute atomic E-state index is 12.7. The van der Waals surface area contributed by atoms with E-state index in [0.717, 1.165) is 86.0 Å². The largest absolute Gasteiger partial charge is 0.487 e. The predicted octanol–water partition coefficient (Wildman–Crippen LogP) is 8.39. The minimum atomic E-state index is -0.766. The number of nitrogens with zero attached hydrogens (tertiary/aromatic N) is 2. The summed E-state index contributed by atoms with van der Waals surface area (Å²) in [6.45, 7) is 15.0. The number of aliphatic hydroxyl groups excluding tert-OH is 1. The van der Waals surface area contributed by atoms with Crippen LogP contribution in [0.5, 0.6) is 5.75 Å². The first-order valence-electron chi connectivity index (χ1n) is 22.6. The quantitative estimate of drug-likeness (QED) is 0.0398. The van der Waals surface area contributed by atoms with Gasteiger partial charge in [0.25, 0.3) is 0 Å². The highest BCUT2D eigenvalue weighted by Crippen LogP contribution is 2.31. The third-order valence-electron chi connectivity index (χ3n) is 11.3. The van der Waals surface area contributed by atoms with Crippen LogP contribution in [-0.2, 0) is 11.3 Å². The molecule has 0 aliphatic carbocycles. The molecule has 16 heteroatoms. The number of fused-ring (bicyclic) bond motifs is 1. The van der Waals surface area contributed by atoms with Crippen LogP contribution in [0.1, 0.15) is 70.1 Å². The molecule has 0 radical (unpaired) electrons. The molecular weight excluding hydrogens is 852 g/mol. The average molecular weight is 922 g/mol. The standard InChI is InChI=1S/C44H52N6O6.C6H15N.3FH/c51-39(36-18-20-40(42-37(36)19-21-41(52)49-42)55-31-32-12-4-1-5-13-32)30-45-24-10-3-11-25-46-43(53)47-26-29-50-27-22-34(23-28-50)56-44(54)48-38-17-9-8-16-35(38)33-14-6-2-7-15-33;1-4-7(5-2)6-3;;;/h1-2,4-9,12-21,34,39,45,51H,3,10-11,22-31H2,(H,48,54)(H,49,52)(H2,46,47,53);4-6H2,1-3H3;3*1H/t39-;;;;/m0..../s1. The molecule has 1 aromatic heterocycles. The number of benzene rings is 4. The van der Waals surface area contributed by atoms with Gasteiger partial charge in [0.1, 0.15) is 18.5 Å². The third kappa shape index (κ3) is 18.5. The summed E-state index contributed by atoms with van der Waals surface area (Å²) in [7, 11) is 0. The lowest BCUT2D eigenvalue weighted by atomic mass is 10.0. The predicted molar refractivity (Wildman–Crippen MR) is 261 cm³/mol. The number of aromatic amines is 1. The number of hydrogen-bond acceptors (Lipinski definition) is 9. The van der Waals surface area contributed by atoms with Crippen molar-refractivity contribution in [3.63, 3.8) is 0 Å². The third-order valence-corrected chi connectivity index (χ3v) is 11.3. The highest BCUT2D eigenvalue weighted by molar-refractivity contribution is 5.91. The molecule has 3 amide bonds. The number of likely N-dealkylation sites (tertiary alicyclic amines) is 1. The van der Waals surface area contributed by atoms with E-state index in [4.69, 9.17) is 9.47 Å². The van der Waals surface area contributed by atoms with E-state index >= 15 is 0 Å². The first-order valence-corrected chi connectivity index (χ1v) is 22.6. The van der Waals surface area contributed by atoms with Gasteiger partial charge in [0, 0.05) is 56.3 Å². The van der Waals surface area contributed by atoms with E-state index in [1.807, 2.05) is 91.0 Å². The lowest BCUT2D eigenvalue weighted by molar-refractivity contribution is 0.0594. The number of H-pyrrole nitrogens is 1. The van der Waals surface area contributed by atoms with Crippen LogP contribution < -0.4 is 31.6 Å². The average Bonchev–Trinajstić information content (AvgIpc) is 3.31. The zero-order valence-electron chi connectivity index (χ0n) is 38.5. The van der Waals surface area contributed by atoms with Gasteiger partial charge in [0.15, 0.2) is 0 Å². The van der Waals surface area contributed by atoms with E-state index < -0.39 is 12.2 Å². The zero-order valence-corrected chi connectivity index (χ0v) is 38.5. The topological polar surface area (TPSA) is 160 Å². The number of aromatic nitrogens is 1. The van der Waals surface area contributed by atoms with E-state index in [2.05, 4.69) is 56.8 Å². The van der Waals surface area contributed by atoms with Gasteiger partial charge in [0.05, 0.1) is 17.3 Å². The summed E-state index contributed by atoms with van der Waals surface area (Å²) in [5, 5.41) is 23.8. The molecule has 1 saturated heterocycles. The van der Waals surface area contributed by atoms with Crippen molar-refractivity contribution in [3.05, 3.63) is 131 Å². The van der Waals surface area contributed by atoms with E-state index in [1.165, 1.54) is 25.7 Å². The van der Waals surface area contributed by atoms with E-state index in [1.54, 1.807) is 12.1 Å². The molecule has 1 aliphatic heterocycles. The number of pyridine rings is 1. The van der Waals surface area contributed by atoms with Crippen LogP contribution in [-0.4, -0.2) is 104 Å². The Labute approximate surface area is 386 Å². The molecule has 0 unspecified atom stereocenters. The van der Waals surface area contributed by atoms with Gasteiger partial charge in [-0.15, -0.1) is 0 Å². The number of carbonyl (C=O) groups excluding carboxylic acids is 2. The summed E-state index contributed by atoms with van der Waals surface area (Å²) < 4.78 is 11.8. The molecule has 1 atom stereocenters. The number of urea groups is 1. The molecule has 0 spiro atoms. The van der Waals surface area contributed by atoms with Crippen LogP contribution in [0.4, 0.5) is 29.4 Å². The number of amides is 3. The second-order valence-electron chi connectivity index (χ2n) is 15.6. The summed E-state index contributed by atoms with van der Waals surface area (Å²) in [4.78, 5) is 44.7. The van der Waals surface area contributed by atoms with Crippen molar-refractivity contribution in [2.45, 2.75) is 71.7 Å². The Balaban J connectivity index is 0.00000139. The highest BCUT2D eigenvalue weighted by Gasteiger charge is 2.23. The van der Waals surface area contributed by atoms with Crippen LogP contribution in [0.25, 0.3) is 22.0 Å². The molecule has 1 aliphatic rings. The maximum Gasteiger partial charge on any atom is 0.411 e. The molecule has 5 aromatic rings. The number of carbonyl (C=O) groups is 2. The molecule has 66 heavy (non-hydrogen) atoms. The summed E-state index contributed by atoms with van der Waals surface area (Å²) in [5.41, 5.74) is 4.75. The monoisotopic (exact) mass is 922 g/mol. The van der Waals surface area contributed by atoms with Crippen LogP contribution in [0.2, 0.25) is 0 Å². The van der Waals surface area contributed by atoms with Gasteiger partial charge in [-0.2, -0.15) is 0 Å². The SMILES string of the molecule is CCN(CC)CC.F.F.F.O=C(NCCCCCNC[C@H](O)c1ccc(OCc2ccccc2)c2[nH]c(=O)ccc12)NCCN1CCC(OC(=O)Nc2ccccc2-c2ccccc2)CC1. The lowest BCUT2D eigenvalue weighted by Crippen LogP contribution is -2.44. The Kier molecular flexibility index (Phi) is 26.4. The molecule has 2 heterocycles. The van der Waals surface area contributed by atoms with Crippen LogP contribution in [0, 0.1) is 0 Å². The Morgan fingerprint density at radius 1 is 0.773 bits per heavy atom. The number of rotatable bonds is 21. The first-order chi connectivity index (χ1) is 30.8. The summed E-state index contributed by atoms with van der Waals surface area (Å²) >= 11 is 0. The number of ether oxygens (including phenoxy) is 2. The number of unbranched alkanes of at least 4 members (excludes halogenated alkanes) is 2. The number of aliphatic hydroxyl groups is 1. The molecule has 13 nitrogen and oxygen atoms in total. The molecule has 0 bridgehead atoms. The van der Waals surface area contributed by atoms with Gasteiger partial charge in [-0.1, -0.05) is 112 Å². The van der Waals surface area contributed by atoms with Crippen LogP contribution >= 0.6 is 0 Å². The Morgan fingerprint density at radius 3 is 2.09 bits per heavy atom. The number of piperidine rings is 1. The number of halogens is 3. The summed E-state index contributed by atoms with van der Waals surface area (Å²) in [5.74, 6) is 0.556. The molecule has 1 fully saturated rings. The number of para-hydroxylation sites is 1. The minimum absolute atomic E-state index is 0. The fourth-order valence-corrected chi connectivity index (χ4v) is 7.56. The smallest absolute Gasteiger partial charge is 0.411 e. The normalized spacial score (nSPS) is 12.9. The fourth-order valence-electron chi connectivity index (χ4n) is 7.56.